The highest BCUT2D eigenvalue weighted by atomic mass is 15.2. The van der Waals surface area contributed by atoms with Crippen molar-refractivity contribution in [3.8, 4) is 0 Å². The molecule has 1 heterocycles. The van der Waals surface area contributed by atoms with Crippen molar-refractivity contribution in [1.29, 1.82) is 0 Å². The van der Waals surface area contributed by atoms with Gasteiger partial charge in [-0.25, -0.2) is 9.97 Å². The second-order valence-electron chi connectivity index (χ2n) is 4.39. The Morgan fingerprint density at radius 3 is 2.22 bits per heavy atom. The summed E-state index contributed by atoms with van der Waals surface area (Å²) in [6.45, 7) is 13.6. The average Bonchev–Trinajstić information content (AvgIpc) is 2.40. The zero-order valence-corrected chi connectivity index (χ0v) is 12.4. The fourth-order valence-corrected chi connectivity index (χ4v) is 1.95. The lowest BCUT2D eigenvalue weighted by atomic mass is 10.2. The molecule has 0 saturated carbocycles. The van der Waals surface area contributed by atoms with Gasteiger partial charge in [-0.3, -0.25) is 0 Å². The minimum absolute atomic E-state index is 0.870. The number of aromatic nitrogens is 2. The largest absolute Gasteiger partial charge is 0.370 e. The number of nitrogens with zero attached hydrogens (tertiary/aromatic N) is 3. The van der Waals surface area contributed by atoms with Crippen LogP contribution in [0, 0.1) is 6.92 Å². The first-order valence-electron chi connectivity index (χ1n) is 7.04. The number of anilines is 2. The maximum Gasteiger partial charge on any atom is 0.137 e. The second kappa shape index (κ2) is 7.19. The van der Waals surface area contributed by atoms with E-state index in [2.05, 4.69) is 54.8 Å². The molecule has 0 fully saturated rings. The number of aryl methyl sites for hydroxylation is 1. The molecule has 4 nitrogen and oxygen atoms in total. The number of hydrogen-bond acceptors (Lipinski definition) is 4. The molecule has 0 bridgehead atoms. The Kier molecular flexibility index (Phi) is 5.89. The highest BCUT2D eigenvalue weighted by molar-refractivity contribution is 5.58. The van der Waals surface area contributed by atoms with Gasteiger partial charge in [-0.1, -0.05) is 13.8 Å². The molecule has 1 rings (SSSR count). The van der Waals surface area contributed by atoms with E-state index in [1.807, 2.05) is 0 Å². The van der Waals surface area contributed by atoms with Crippen molar-refractivity contribution < 1.29 is 0 Å². The van der Waals surface area contributed by atoms with Gasteiger partial charge in [0, 0.05) is 31.6 Å². The number of hydrogen-bond donors (Lipinski definition) is 1. The summed E-state index contributed by atoms with van der Waals surface area (Å²) in [6.07, 6.45) is 1.97. The summed E-state index contributed by atoms with van der Waals surface area (Å²) in [4.78, 5) is 11.6. The Labute approximate surface area is 111 Å². The Morgan fingerprint density at radius 2 is 1.72 bits per heavy atom. The highest BCUT2D eigenvalue weighted by Gasteiger charge is 2.13. The smallest absolute Gasteiger partial charge is 0.137 e. The van der Waals surface area contributed by atoms with Crippen molar-refractivity contribution in [2.24, 2.45) is 0 Å². The third kappa shape index (κ3) is 3.34. The van der Waals surface area contributed by atoms with Crippen LogP contribution in [0.4, 0.5) is 11.6 Å². The van der Waals surface area contributed by atoms with E-state index in [1.54, 1.807) is 0 Å². The van der Waals surface area contributed by atoms with Crippen LogP contribution >= 0.6 is 0 Å². The van der Waals surface area contributed by atoms with Crippen LogP contribution in [0.1, 0.15) is 45.5 Å². The van der Waals surface area contributed by atoms with Crippen LogP contribution in [-0.2, 0) is 6.42 Å². The van der Waals surface area contributed by atoms with Gasteiger partial charge >= 0.3 is 0 Å². The lowest BCUT2D eigenvalue weighted by Gasteiger charge is -2.23. The molecule has 0 aliphatic heterocycles. The van der Waals surface area contributed by atoms with Gasteiger partial charge in [0.25, 0.3) is 0 Å². The van der Waals surface area contributed by atoms with E-state index in [0.717, 1.165) is 55.5 Å². The number of nitrogens with one attached hydrogen (secondary N) is 1. The Morgan fingerprint density at radius 1 is 1.06 bits per heavy atom. The second-order valence-corrected chi connectivity index (χ2v) is 4.39. The molecule has 0 amide bonds. The fraction of sp³-hybridized carbons (Fsp3) is 0.714. The fourth-order valence-electron chi connectivity index (χ4n) is 1.95. The molecular formula is C14H26N4. The quantitative estimate of drug-likeness (QED) is 0.807. The SMILES string of the molecule is CCCNc1nc(CC)nc(N(CC)CC)c1C. The Bertz CT molecular complexity index is 372. The molecule has 0 aliphatic carbocycles. The lowest BCUT2D eigenvalue weighted by molar-refractivity contribution is 0.813. The number of rotatable bonds is 7. The first kappa shape index (κ1) is 14.7. The van der Waals surface area contributed by atoms with Gasteiger partial charge in [0.1, 0.15) is 17.5 Å². The van der Waals surface area contributed by atoms with E-state index in [-0.39, 0.29) is 0 Å². The molecule has 0 aromatic carbocycles. The van der Waals surface area contributed by atoms with Gasteiger partial charge in [-0.2, -0.15) is 0 Å². The Balaban J connectivity index is 3.15. The predicted octanol–water partition coefficient (Wildman–Crippen LogP) is 3.02. The van der Waals surface area contributed by atoms with Gasteiger partial charge in [0.05, 0.1) is 0 Å². The summed E-state index contributed by atoms with van der Waals surface area (Å²) in [5.41, 5.74) is 1.16. The standard InChI is InChI=1S/C14H26N4/c1-6-10-15-13-11(5)14(18(8-3)9-4)17-12(7-2)16-13/h6-10H2,1-5H3,(H,15,16,17). The summed E-state index contributed by atoms with van der Waals surface area (Å²) in [5.74, 6) is 2.98. The molecule has 1 aromatic rings. The maximum absolute atomic E-state index is 4.68. The summed E-state index contributed by atoms with van der Waals surface area (Å²) in [5, 5.41) is 3.40. The normalized spacial score (nSPS) is 10.5. The molecule has 0 spiro atoms. The molecular weight excluding hydrogens is 224 g/mol. The first-order valence-corrected chi connectivity index (χ1v) is 7.04. The zero-order chi connectivity index (χ0) is 13.5. The van der Waals surface area contributed by atoms with Crippen LogP contribution in [0.5, 0.6) is 0 Å². The minimum atomic E-state index is 0.870. The molecule has 1 N–H and O–H groups in total. The zero-order valence-electron chi connectivity index (χ0n) is 12.4. The van der Waals surface area contributed by atoms with Gasteiger partial charge in [-0.15, -0.1) is 0 Å². The van der Waals surface area contributed by atoms with E-state index in [1.165, 1.54) is 0 Å². The van der Waals surface area contributed by atoms with Gasteiger partial charge in [-0.05, 0) is 27.2 Å². The van der Waals surface area contributed by atoms with Gasteiger partial charge in [0.15, 0.2) is 0 Å². The third-order valence-corrected chi connectivity index (χ3v) is 3.09. The van der Waals surface area contributed by atoms with Crippen molar-refractivity contribution >= 4 is 11.6 Å². The lowest BCUT2D eigenvalue weighted by Crippen LogP contribution is -2.25. The summed E-state index contributed by atoms with van der Waals surface area (Å²) < 4.78 is 0. The molecule has 0 radical (unpaired) electrons. The van der Waals surface area contributed by atoms with Crippen molar-refractivity contribution in [3.63, 3.8) is 0 Å². The molecule has 102 valence electrons. The van der Waals surface area contributed by atoms with Crippen LogP contribution in [-0.4, -0.2) is 29.6 Å². The minimum Gasteiger partial charge on any atom is -0.370 e. The van der Waals surface area contributed by atoms with Gasteiger partial charge in [0.2, 0.25) is 0 Å². The summed E-state index contributed by atoms with van der Waals surface area (Å²) >= 11 is 0. The maximum atomic E-state index is 4.68. The molecule has 4 heteroatoms. The topological polar surface area (TPSA) is 41.1 Å². The van der Waals surface area contributed by atoms with E-state index < -0.39 is 0 Å². The molecule has 1 aromatic heterocycles. The van der Waals surface area contributed by atoms with Gasteiger partial charge < -0.3 is 10.2 Å². The molecule has 0 unspecified atom stereocenters. The molecule has 0 atom stereocenters. The molecule has 18 heavy (non-hydrogen) atoms. The van der Waals surface area contributed by atoms with E-state index in [9.17, 15) is 0 Å². The van der Waals surface area contributed by atoms with Crippen molar-refractivity contribution in [3.05, 3.63) is 11.4 Å². The van der Waals surface area contributed by atoms with E-state index >= 15 is 0 Å². The van der Waals surface area contributed by atoms with Crippen molar-refractivity contribution in [1.82, 2.24) is 9.97 Å². The highest BCUT2D eigenvalue weighted by Crippen LogP contribution is 2.23. The third-order valence-electron chi connectivity index (χ3n) is 3.09. The van der Waals surface area contributed by atoms with Crippen molar-refractivity contribution in [2.45, 2.75) is 47.5 Å². The Hall–Kier alpha value is -1.32. The predicted molar refractivity (Wildman–Crippen MR) is 78.5 cm³/mol. The van der Waals surface area contributed by atoms with E-state index in [0.29, 0.717) is 0 Å². The summed E-state index contributed by atoms with van der Waals surface area (Å²) in [6, 6.07) is 0. The van der Waals surface area contributed by atoms with Crippen LogP contribution in [0.2, 0.25) is 0 Å². The first-order chi connectivity index (χ1) is 8.67. The van der Waals surface area contributed by atoms with Crippen LogP contribution in [0.15, 0.2) is 0 Å². The van der Waals surface area contributed by atoms with Crippen LogP contribution in [0.25, 0.3) is 0 Å². The monoisotopic (exact) mass is 250 g/mol. The van der Waals surface area contributed by atoms with Crippen LogP contribution in [0.3, 0.4) is 0 Å². The molecule has 0 saturated heterocycles. The van der Waals surface area contributed by atoms with Crippen LogP contribution < -0.4 is 10.2 Å². The molecule has 0 aliphatic rings. The summed E-state index contributed by atoms with van der Waals surface area (Å²) in [7, 11) is 0. The van der Waals surface area contributed by atoms with Crippen molar-refractivity contribution in [2.75, 3.05) is 29.9 Å². The average molecular weight is 250 g/mol. The van der Waals surface area contributed by atoms with E-state index in [4.69, 9.17) is 0 Å².